The summed E-state index contributed by atoms with van der Waals surface area (Å²) >= 11 is 0. The SMILES string of the molecule is C=CCNC(=O)[C@H]1N(C(=O)[C@@H](O)[C@H](Cc2ccccc2)NC(=O)c2cccc(O)c2C)CC(O)C1(C)C. The Morgan fingerprint density at radius 2 is 1.84 bits per heavy atom. The van der Waals surface area contributed by atoms with Gasteiger partial charge in [0.1, 0.15) is 11.8 Å². The van der Waals surface area contributed by atoms with Crippen LogP contribution in [-0.2, 0) is 16.0 Å². The Balaban J connectivity index is 1.91. The maximum absolute atomic E-state index is 13.6. The third kappa shape index (κ3) is 6.00. The summed E-state index contributed by atoms with van der Waals surface area (Å²) in [5.74, 6) is -1.87. The van der Waals surface area contributed by atoms with Gasteiger partial charge in [0, 0.05) is 29.6 Å². The number of hydrogen-bond acceptors (Lipinski definition) is 6. The molecule has 5 N–H and O–H groups in total. The van der Waals surface area contributed by atoms with Gasteiger partial charge in [-0.15, -0.1) is 6.58 Å². The fourth-order valence-electron chi connectivity index (χ4n) is 4.64. The lowest BCUT2D eigenvalue weighted by Gasteiger charge is -2.34. The van der Waals surface area contributed by atoms with Crippen LogP contribution >= 0.6 is 0 Å². The number of phenols is 1. The number of aliphatic hydroxyl groups excluding tert-OH is 2. The van der Waals surface area contributed by atoms with Crippen LogP contribution in [0.25, 0.3) is 0 Å². The normalized spacial score (nSPS) is 20.1. The Hall–Kier alpha value is -3.69. The van der Waals surface area contributed by atoms with E-state index in [0.29, 0.717) is 5.56 Å². The molecule has 0 spiro atoms. The van der Waals surface area contributed by atoms with Crippen molar-refractivity contribution < 1.29 is 29.7 Å². The number of nitrogens with zero attached hydrogens (tertiary/aromatic N) is 1. The van der Waals surface area contributed by atoms with Gasteiger partial charge >= 0.3 is 0 Å². The summed E-state index contributed by atoms with van der Waals surface area (Å²) in [5, 5.41) is 37.4. The first-order valence-corrected chi connectivity index (χ1v) is 12.2. The van der Waals surface area contributed by atoms with E-state index in [1.54, 1.807) is 32.9 Å². The molecule has 1 heterocycles. The van der Waals surface area contributed by atoms with Gasteiger partial charge in [-0.1, -0.05) is 56.3 Å². The van der Waals surface area contributed by atoms with Crippen LogP contribution in [0.4, 0.5) is 0 Å². The van der Waals surface area contributed by atoms with Gasteiger partial charge in [-0.3, -0.25) is 14.4 Å². The van der Waals surface area contributed by atoms with E-state index in [4.69, 9.17) is 0 Å². The molecule has 1 saturated heterocycles. The average molecular weight is 510 g/mol. The van der Waals surface area contributed by atoms with E-state index in [-0.39, 0.29) is 30.8 Å². The van der Waals surface area contributed by atoms with Crippen LogP contribution in [0.2, 0.25) is 0 Å². The lowest BCUT2D eigenvalue weighted by atomic mass is 9.82. The smallest absolute Gasteiger partial charge is 0.254 e. The zero-order valence-corrected chi connectivity index (χ0v) is 21.3. The first-order chi connectivity index (χ1) is 17.5. The predicted octanol–water partition coefficient (Wildman–Crippen LogP) is 1.30. The molecule has 37 heavy (non-hydrogen) atoms. The van der Waals surface area contributed by atoms with E-state index in [2.05, 4.69) is 17.2 Å². The van der Waals surface area contributed by atoms with E-state index in [9.17, 15) is 29.7 Å². The van der Waals surface area contributed by atoms with E-state index < -0.39 is 47.4 Å². The summed E-state index contributed by atoms with van der Waals surface area (Å²) in [5.41, 5.74) is 0.367. The molecule has 1 unspecified atom stereocenters. The highest BCUT2D eigenvalue weighted by atomic mass is 16.3. The Bertz CT molecular complexity index is 1150. The van der Waals surface area contributed by atoms with Crippen molar-refractivity contribution in [1.82, 2.24) is 15.5 Å². The molecule has 1 aliphatic heterocycles. The molecule has 0 saturated carbocycles. The van der Waals surface area contributed by atoms with Crippen molar-refractivity contribution in [2.75, 3.05) is 13.1 Å². The van der Waals surface area contributed by atoms with Gasteiger partial charge in [-0.05, 0) is 31.0 Å². The Morgan fingerprint density at radius 1 is 1.16 bits per heavy atom. The van der Waals surface area contributed by atoms with Gasteiger partial charge in [0.15, 0.2) is 6.10 Å². The third-order valence-corrected chi connectivity index (χ3v) is 7.00. The summed E-state index contributed by atoms with van der Waals surface area (Å²) in [6.07, 6.45) is -1.07. The van der Waals surface area contributed by atoms with Gasteiger partial charge in [0.25, 0.3) is 11.8 Å². The second-order valence-electron chi connectivity index (χ2n) is 9.93. The van der Waals surface area contributed by atoms with Crippen LogP contribution in [0, 0.1) is 12.3 Å². The highest BCUT2D eigenvalue weighted by molar-refractivity contribution is 5.97. The molecule has 3 rings (SSSR count). The predicted molar refractivity (Wildman–Crippen MR) is 139 cm³/mol. The highest BCUT2D eigenvalue weighted by Crippen LogP contribution is 2.37. The van der Waals surface area contributed by atoms with Crippen molar-refractivity contribution >= 4 is 17.7 Å². The average Bonchev–Trinajstić information content (AvgIpc) is 3.11. The van der Waals surface area contributed by atoms with E-state index in [0.717, 1.165) is 5.56 Å². The number of carbonyl (C=O) groups excluding carboxylic acids is 3. The van der Waals surface area contributed by atoms with Crippen molar-refractivity contribution in [3.8, 4) is 5.75 Å². The molecule has 2 aromatic carbocycles. The number of rotatable bonds is 9. The quantitative estimate of drug-likeness (QED) is 0.323. The molecule has 9 heteroatoms. The number of nitrogens with one attached hydrogen (secondary N) is 2. The van der Waals surface area contributed by atoms with Crippen LogP contribution in [0.15, 0.2) is 61.2 Å². The number of hydrogen-bond donors (Lipinski definition) is 5. The number of phenolic OH excluding ortho intramolecular Hbond substituents is 1. The largest absolute Gasteiger partial charge is 0.508 e. The summed E-state index contributed by atoms with van der Waals surface area (Å²) in [6.45, 7) is 8.58. The Morgan fingerprint density at radius 3 is 2.49 bits per heavy atom. The molecule has 1 aliphatic rings. The minimum absolute atomic E-state index is 0.0504. The van der Waals surface area contributed by atoms with E-state index in [1.165, 1.54) is 29.2 Å². The number of carbonyl (C=O) groups is 3. The molecule has 9 nitrogen and oxygen atoms in total. The lowest BCUT2D eigenvalue weighted by Crippen LogP contribution is -2.57. The van der Waals surface area contributed by atoms with Crippen LogP contribution in [0.3, 0.4) is 0 Å². The molecule has 4 atom stereocenters. The minimum Gasteiger partial charge on any atom is -0.508 e. The van der Waals surface area contributed by atoms with Crippen LogP contribution in [-0.4, -0.2) is 75.3 Å². The molecule has 0 aromatic heterocycles. The standard InChI is InChI=1S/C28H35N3O6/c1-5-14-29-26(36)24-28(3,4)22(33)16-31(24)27(37)23(34)20(15-18-10-7-6-8-11-18)30-25(35)19-12-9-13-21(32)17(19)2/h5-13,20,22-24,32-34H,1,14-16H2,2-4H3,(H,29,36)(H,30,35)/t20-,22?,23-,24+/m0/s1. The minimum atomic E-state index is -1.71. The van der Waals surface area contributed by atoms with Crippen molar-refractivity contribution in [3.63, 3.8) is 0 Å². The topological polar surface area (TPSA) is 139 Å². The first kappa shape index (κ1) is 27.9. The zero-order valence-electron chi connectivity index (χ0n) is 21.3. The summed E-state index contributed by atoms with van der Waals surface area (Å²) in [4.78, 5) is 40.9. The van der Waals surface area contributed by atoms with Crippen molar-refractivity contribution in [3.05, 3.63) is 77.9 Å². The van der Waals surface area contributed by atoms with Crippen LogP contribution in [0.1, 0.15) is 35.3 Å². The second-order valence-corrected chi connectivity index (χ2v) is 9.93. The van der Waals surface area contributed by atoms with Gasteiger partial charge < -0.3 is 30.9 Å². The van der Waals surface area contributed by atoms with E-state index in [1.807, 2.05) is 18.2 Å². The fourth-order valence-corrected chi connectivity index (χ4v) is 4.64. The summed E-state index contributed by atoms with van der Waals surface area (Å²) < 4.78 is 0. The maximum Gasteiger partial charge on any atom is 0.254 e. The van der Waals surface area contributed by atoms with Gasteiger partial charge in [0.05, 0.1) is 12.1 Å². The molecule has 0 radical (unpaired) electrons. The molecular formula is C28H35N3O6. The number of β-amino-alcohol motifs (C(OH)–C–C–N with tert-alkyl or cyclic N) is 1. The fraction of sp³-hybridized carbons (Fsp3) is 0.393. The third-order valence-electron chi connectivity index (χ3n) is 7.00. The molecule has 1 fully saturated rings. The Labute approximate surface area is 216 Å². The molecule has 2 aromatic rings. The van der Waals surface area contributed by atoms with Crippen molar-refractivity contribution in [2.45, 2.75) is 51.5 Å². The molecule has 0 bridgehead atoms. The molecule has 198 valence electrons. The molecule has 0 aliphatic carbocycles. The maximum atomic E-state index is 13.6. The number of aliphatic hydroxyl groups is 2. The number of aromatic hydroxyl groups is 1. The lowest BCUT2D eigenvalue weighted by molar-refractivity contribution is -0.148. The van der Waals surface area contributed by atoms with Gasteiger partial charge in [-0.25, -0.2) is 0 Å². The molecular weight excluding hydrogens is 474 g/mol. The van der Waals surface area contributed by atoms with Gasteiger partial charge in [-0.2, -0.15) is 0 Å². The molecule has 3 amide bonds. The Kier molecular flexibility index (Phi) is 8.73. The zero-order chi connectivity index (χ0) is 27.3. The number of amides is 3. The second kappa shape index (κ2) is 11.6. The van der Waals surface area contributed by atoms with Crippen LogP contribution < -0.4 is 10.6 Å². The van der Waals surface area contributed by atoms with E-state index >= 15 is 0 Å². The van der Waals surface area contributed by atoms with Gasteiger partial charge in [0.2, 0.25) is 5.91 Å². The first-order valence-electron chi connectivity index (χ1n) is 12.2. The monoisotopic (exact) mass is 509 g/mol. The number of benzene rings is 2. The summed E-state index contributed by atoms with van der Waals surface area (Å²) in [7, 11) is 0. The van der Waals surface area contributed by atoms with Crippen molar-refractivity contribution in [2.24, 2.45) is 5.41 Å². The van der Waals surface area contributed by atoms with Crippen molar-refractivity contribution in [1.29, 1.82) is 0 Å². The van der Waals surface area contributed by atoms with Crippen LogP contribution in [0.5, 0.6) is 5.75 Å². The number of likely N-dealkylation sites (tertiary alicyclic amines) is 1. The highest BCUT2D eigenvalue weighted by Gasteiger charge is 2.54. The summed E-state index contributed by atoms with van der Waals surface area (Å²) in [6, 6.07) is 11.5.